The van der Waals surface area contributed by atoms with Gasteiger partial charge in [0.1, 0.15) is 9.84 Å². The highest BCUT2D eigenvalue weighted by atomic mass is 32.2. The van der Waals surface area contributed by atoms with Gasteiger partial charge in [-0.05, 0) is 6.92 Å². The van der Waals surface area contributed by atoms with Crippen molar-refractivity contribution < 1.29 is 26.4 Å². The lowest BCUT2D eigenvalue weighted by molar-refractivity contribution is -0.128. The number of alkyl halides is 3. The molecule has 17 heavy (non-hydrogen) atoms. The molecule has 0 aliphatic carbocycles. The van der Waals surface area contributed by atoms with E-state index < -0.39 is 41.1 Å². The van der Waals surface area contributed by atoms with Crippen LogP contribution in [0.3, 0.4) is 0 Å². The summed E-state index contributed by atoms with van der Waals surface area (Å²) in [6.07, 6.45) is -3.36. The van der Waals surface area contributed by atoms with E-state index in [1.165, 1.54) is 6.92 Å². The minimum absolute atomic E-state index is 0.252. The van der Waals surface area contributed by atoms with Gasteiger partial charge in [-0.2, -0.15) is 13.2 Å². The van der Waals surface area contributed by atoms with Crippen molar-refractivity contribution in [3.63, 3.8) is 0 Å². The van der Waals surface area contributed by atoms with Gasteiger partial charge in [-0.1, -0.05) is 0 Å². The van der Waals surface area contributed by atoms with Crippen molar-refractivity contribution in [3.05, 3.63) is 0 Å². The molecule has 0 saturated heterocycles. The lowest BCUT2D eigenvalue weighted by Crippen LogP contribution is -2.43. The van der Waals surface area contributed by atoms with Gasteiger partial charge in [-0.3, -0.25) is 4.79 Å². The number of nitrogens with one attached hydrogen (secondary N) is 2. The molecule has 0 heterocycles. The highest BCUT2D eigenvalue weighted by Gasteiger charge is 2.26. The average molecular weight is 276 g/mol. The van der Waals surface area contributed by atoms with Crippen LogP contribution < -0.4 is 10.6 Å². The van der Waals surface area contributed by atoms with Crippen LogP contribution in [-0.4, -0.2) is 51.6 Å². The van der Waals surface area contributed by atoms with E-state index >= 15 is 0 Å². The second-order valence-corrected chi connectivity index (χ2v) is 5.96. The van der Waals surface area contributed by atoms with Gasteiger partial charge in [-0.15, -0.1) is 0 Å². The van der Waals surface area contributed by atoms with E-state index in [1.807, 2.05) is 5.32 Å². The van der Waals surface area contributed by atoms with E-state index in [0.717, 1.165) is 6.26 Å². The molecule has 0 aromatic heterocycles. The summed E-state index contributed by atoms with van der Waals surface area (Å²) in [7, 11) is -3.23. The normalized spacial score (nSPS) is 14.4. The predicted octanol–water partition coefficient (Wildman–Crippen LogP) is -0.312. The van der Waals surface area contributed by atoms with Crippen LogP contribution >= 0.6 is 0 Å². The second-order valence-electron chi connectivity index (χ2n) is 3.78. The number of sulfone groups is 1. The van der Waals surface area contributed by atoms with Gasteiger partial charge in [-0.25, -0.2) is 8.42 Å². The van der Waals surface area contributed by atoms with Crippen LogP contribution in [0.1, 0.15) is 6.92 Å². The predicted molar refractivity (Wildman–Crippen MR) is 56.2 cm³/mol. The van der Waals surface area contributed by atoms with E-state index in [1.54, 1.807) is 0 Å². The molecule has 2 N–H and O–H groups in total. The van der Waals surface area contributed by atoms with Crippen LogP contribution in [0.2, 0.25) is 0 Å². The Morgan fingerprint density at radius 2 is 1.88 bits per heavy atom. The summed E-state index contributed by atoms with van der Waals surface area (Å²) >= 11 is 0. The largest absolute Gasteiger partial charge is 0.401 e. The molecule has 0 spiro atoms. The quantitative estimate of drug-likeness (QED) is 0.697. The molecule has 9 heteroatoms. The van der Waals surface area contributed by atoms with Crippen molar-refractivity contribution in [1.82, 2.24) is 10.6 Å². The topological polar surface area (TPSA) is 75.3 Å². The third-order valence-corrected chi connectivity index (χ3v) is 2.68. The molecular formula is C8H15F3N2O3S. The van der Waals surface area contributed by atoms with Gasteiger partial charge >= 0.3 is 6.18 Å². The van der Waals surface area contributed by atoms with Crippen LogP contribution in [0.5, 0.6) is 0 Å². The third-order valence-electron chi connectivity index (χ3n) is 1.57. The maximum atomic E-state index is 11.7. The molecular weight excluding hydrogens is 261 g/mol. The Morgan fingerprint density at radius 1 is 1.35 bits per heavy atom. The SMILES string of the molecule is CC(CS(C)(=O)=O)NC(=O)CNCC(F)(F)F. The summed E-state index contributed by atoms with van der Waals surface area (Å²) in [5.74, 6) is -0.928. The van der Waals surface area contributed by atoms with E-state index in [2.05, 4.69) is 5.32 Å². The molecule has 1 unspecified atom stereocenters. The van der Waals surface area contributed by atoms with Crippen LogP contribution in [0.25, 0.3) is 0 Å². The van der Waals surface area contributed by atoms with Crippen LogP contribution in [0.4, 0.5) is 13.2 Å². The number of halogens is 3. The Hall–Kier alpha value is -0.830. The summed E-state index contributed by atoms with van der Waals surface area (Å²) in [6, 6.07) is -0.634. The zero-order chi connectivity index (χ0) is 13.7. The number of carbonyl (C=O) groups excluding carboxylic acids is 1. The lowest BCUT2D eigenvalue weighted by Gasteiger charge is -2.13. The van der Waals surface area contributed by atoms with E-state index in [0.29, 0.717) is 0 Å². The molecule has 0 rings (SSSR count). The summed E-state index contributed by atoms with van der Waals surface area (Å²) < 4.78 is 56.9. The third kappa shape index (κ3) is 11.4. The number of hydrogen-bond donors (Lipinski definition) is 2. The minimum atomic E-state index is -4.38. The molecule has 102 valence electrons. The monoisotopic (exact) mass is 276 g/mol. The van der Waals surface area contributed by atoms with Gasteiger partial charge in [0.25, 0.3) is 0 Å². The molecule has 0 aromatic carbocycles. The average Bonchev–Trinajstić information content (AvgIpc) is 1.96. The number of rotatable bonds is 6. The Kier molecular flexibility index (Phi) is 5.89. The molecule has 0 fully saturated rings. The minimum Gasteiger partial charge on any atom is -0.352 e. The molecule has 0 radical (unpaired) electrons. The first-order chi connectivity index (χ1) is 7.49. The molecule has 0 saturated carbocycles. The van der Waals surface area contributed by atoms with Crippen molar-refractivity contribution >= 4 is 15.7 Å². The maximum absolute atomic E-state index is 11.7. The molecule has 1 amide bonds. The fourth-order valence-electron chi connectivity index (χ4n) is 1.14. The molecule has 0 bridgehead atoms. The molecule has 0 aromatic rings. The fourth-order valence-corrected chi connectivity index (χ4v) is 2.13. The molecule has 5 nitrogen and oxygen atoms in total. The first kappa shape index (κ1) is 16.2. The Balaban J connectivity index is 3.87. The first-order valence-electron chi connectivity index (χ1n) is 4.74. The van der Waals surface area contributed by atoms with E-state index in [4.69, 9.17) is 0 Å². The zero-order valence-electron chi connectivity index (χ0n) is 9.47. The maximum Gasteiger partial charge on any atom is 0.401 e. The summed E-state index contributed by atoms with van der Waals surface area (Å²) in [5.41, 5.74) is 0. The smallest absolute Gasteiger partial charge is 0.352 e. The molecule has 1 atom stereocenters. The molecule has 0 aliphatic rings. The van der Waals surface area contributed by atoms with Crippen LogP contribution in [0, 0.1) is 0 Å². The highest BCUT2D eigenvalue weighted by Crippen LogP contribution is 2.11. The standard InChI is InChI=1S/C8H15F3N2O3S/c1-6(4-17(2,15)16)13-7(14)3-12-5-8(9,10)11/h6,12H,3-5H2,1-2H3,(H,13,14). The van der Waals surface area contributed by atoms with Gasteiger partial charge in [0.15, 0.2) is 0 Å². The number of hydrogen-bond acceptors (Lipinski definition) is 4. The number of amides is 1. The first-order valence-corrected chi connectivity index (χ1v) is 6.80. The lowest BCUT2D eigenvalue weighted by atomic mass is 10.4. The van der Waals surface area contributed by atoms with Crippen molar-refractivity contribution in [1.29, 1.82) is 0 Å². The van der Waals surface area contributed by atoms with E-state index in [-0.39, 0.29) is 5.75 Å². The summed E-state index contributed by atoms with van der Waals surface area (Å²) in [4.78, 5) is 11.1. The van der Waals surface area contributed by atoms with Gasteiger partial charge < -0.3 is 10.6 Å². The Morgan fingerprint density at radius 3 is 2.29 bits per heavy atom. The molecule has 0 aliphatic heterocycles. The summed E-state index contributed by atoms with van der Waals surface area (Å²) in [6.45, 7) is -0.308. The van der Waals surface area contributed by atoms with Gasteiger partial charge in [0, 0.05) is 12.3 Å². The van der Waals surface area contributed by atoms with E-state index in [9.17, 15) is 26.4 Å². The Bertz CT molecular complexity index is 354. The van der Waals surface area contributed by atoms with Crippen molar-refractivity contribution in [3.8, 4) is 0 Å². The van der Waals surface area contributed by atoms with Crippen molar-refractivity contribution in [2.75, 3.05) is 25.1 Å². The van der Waals surface area contributed by atoms with Gasteiger partial charge in [0.2, 0.25) is 5.91 Å². The second kappa shape index (κ2) is 6.20. The highest BCUT2D eigenvalue weighted by molar-refractivity contribution is 7.90. The van der Waals surface area contributed by atoms with Gasteiger partial charge in [0.05, 0.1) is 18.8 Å². The van der Waals surface area contributed by atoms with Crippen LogP contribution in [-0.2, 0) is 14.6 Å². The van der Waals surface area contributed by atoms with Crippen molar-refractivity contribution in [2.24, 2.45) is 0 Å². The van der Waals surface area contributed by atoms with Crippen LogP contribution in [0.15, 0.2) is 0 Å². The Labute approximate surface area is 97.7 Å². The number of carbonyl (C=O) groups is 1. The van der Waals surface area contributed by atoms with Crippen molar-refractivity contribution in [2.45, 2.75) is 19.1 Å². The fraction of sp³-hybridized carbons (Fsp3) is 0.875. The summed E-state index contributed by atoms with van der Waals surface area (Å²) in [5, 5.41) is 4.18. The zero-order valence-corrected chi connectivity index (χ0v) is 10.3.